The zero-order valence-corrected chi connectivity index (χ0v) is 29.7. The van der Waals surface area contributed by atoms with Gasteiger partial charge in [-0.1, -0.05) is 158 Å². The van der Waals surface area contributed by atoms with Gasteiger partial charge in [0.1, 0.15) is 11.2 Å². The quantitative estimate of drug-likeness (QED) is 0.171. The van der Waals surface area contributed by atoms with E-state index in [9.17, 15) is 0 Å². The van der Waals surface area contributed by atoms with Gasteiger partial charge in [0.15, 0.2) is 17.5 Å². The maximum atomic E-state index is 9.04. The van der Waals surface area contributed by atoms with E-state index in [-0.39, 0.29) is 47.0 Å². The minimum absolute atomic E-state index is 0.0136. The van der Waals surface area contributed by atoms with E-state index in [1.165, 1.54) is 12.1 Å². The molecule has 0 saturated carbocycles. The van der Waals surface area contributed by atoms with E-state index in [0.717, 1.165) is 49.7 Å². The Bertz CT molecular complexity index is 3450. The first-order chi connectivity index (χ1) is 30.2. The third kappa shape index (κ3) is 5.37. The van der Waals surface area contributed by atoms with Crippen LogP contribution in [0, 0.1) is 0 Å². The highest BCUT2D eigenvalue weighted by molar-refractivity contribution is 6.13. The van der Waals surface area contributed by atoms with Crippen molar-refractivity contribution in [2.75, 3.05) is 0 Å². The number of furan rings is 1. The average molecular weight is 723 g/mol. The number of aromatic nitrogens is 4. The molecule has 0 unspecified atom stereocenters. The lowest BCUT2D eigenvalue weighted by molar-refractivity contribution is 0.670. The van der Waals surface area contributed by atoms with Gasteiger partial charge >= 0.3 is 0 Å². The van der Waals surface area contributed by atoms with Gasteiger partial charge < -0.3 is 8.98 Å². The molecule has 0 saturated heterocycles. The van der Waals surface area contributed by atoms with E-state index >= 15 is 0 Å². The summed E-state index contributed by atoms with van der Waals surface area (Å²) in [6.45, 7) is 0. The molecule has 0 radical (unpaired) electrons. The van der Waals surface area contributed by atoms with Crippen molar-refractivity contribution in [2.45, 2.75) is 0 Å². The fourth-order valence-corrected chi connectivity index (χ4v) is 7.53. The number of nitrogens with zero attached hydrogens (tertiary/aromatic N) is 4. The zero-order valence-electron chi connectivity index (χ0n) is 35.7. The Morgan fingerprint density at radius 2 is 0.911 bits per heavy atom. The van der Waals surface area contributed by atoms with Gasteiger partial charge in [-0.25, -0.2) is 15.0 Å². The van der Waals surface area contributed by atoms with Gasteiger partial charge in [-0.15, -0.1) is 0 Å². The van der Waals surface area contributed by atoms with Crippen molar-refractivity contribution in [3.05, 3.63) is 194 Å². The molecule has 0 atom stereocenters. The van der Waals surface area contributed by atoms with Crippen molar-refractivity contribution in [3.63, 3.8) is 0 Å². The van der Waals surface area contributed by atoms with Gasteiger partial charge in [-0.2, -0.15) is 0 Å². The smallest absolute Gasteiger partial charge is 0.164 e. The molecule has 11 aromatic rings. The summed E-state index contributed by atoms with van der Waals surface area (Å²) in [5, 5.41) is 2.08. The van der Waals surface area contributed by atoms with Gasteiger partial charge in [0.2, 0.25) is 0 Å². The molecule has 0 fully saturated rings. The highest BCUT2D eigenvalue weighted by atomic mass is 16.3. The van der Waals surface area contributed by atoms with Crippen molar-refractivity contribution < 1.29 is 12.6 Å². The van der Waals surface area contributed by atoms with E-state index in [2.05, 4.69) is 6.07 Å². The molecule has 8 aromatic carbocycles. The van der Waals surface area contributed by atoms with E-state index in [4.69, 9.17) is 27.6 Å². The zero-order chi connectivity index (χ0) is 42.2. The van der Waals surface area contributed by atoms with Crippen LogP contribution in [0.25, 0.3) is 106 Å². The third-order valence-electron chi connectivity index (χ3n) is 10.2. The van der Waals surface area contributed by atoms with Crippen LogP contribution in [-0.2, 0) is 0 Å². The second-order valence-electron chi connectivity index (χ2n) is 13.6. The lowest BCUT2D eigenvalue weighted by Gasteiger charge is -2.11. The second-order valence-corrected chi connectivity index (χ2v) is 13.6. The van der Waals surface area contributed by atoms with Crippen LogP contribution >= 0.6 is 0 Å². The van der Waals surface area contributed by atoms with Crippen LogP contribution < -0.4 is 0 Å². The monoisotopic (exact) mass is 722 g/mol. The molecule has 0 N–H and O–H groups in total. The first kappa shape index (κ1) is 26.2. The maximum absolute atomic E-state index is 9.04. The molecular weight excluding hydrogens is 685 g/mol. The van der Waals surface area contributed by atoms with Crippen molar-refractivity contribution >= 4 is 43.7 Å². The van der Waals surface area contributed by atoms with Gasteiger partial charge in [0.05, 0.1) is 19.3 Å². The summed E-state index contributed by atoms with van der Waals surface area (Å²) >= 11 is 0. The van der Waals surface area contributed by atoms with E-state index < -0.39 is 0 Å². The predicted octanol–water partition coefficient (Wildman–Crippen LogP) is 13.2. The van der Waals surface area contributed by atoms with Crippen LogP contribution in [0.4, 0.5) is 0 Å². The highest BCUT2D eigenvalue weighted by Crippen LogP contribution is 2.41. The molecule has 0 aliphatic carbocycles. The van der Waals surface area contributed by atoms with Crippen LogP contribution in [0.2, 0.25) is 0 Å². The normalized spacial score (nSPS) is 13.1. The summed E-state index contributed by atoms with van der Waals surface area (Å²) in [4.78, 5) is 14.6. The lowest BCUT2D eigenvalue weighted by atomic mass is 9.99. The van der Waals surface area contributed by atoms with Gasteiger partial charge in [0.25, 0.3) is 0 Å². The molecule has 5 heteroatoms. The molecular formula is C51H32N4O. The number of hydrogen-bond donors (Lipinski definition) is 0. The minimum atomic E-state index is -0.158. The Morgan fingerprint density at radius 1 is 0.411 bits per heavy atom. The van der Waals surface area contributed by atoms with E-state index in [1.54, 1.807) is 4.57 Å². The molecule has 11 rings (SSSR count). The molecule has 56 heavy (non-hydrogen) atoms. The number of hydrogen-bond acceptors (Lipinski definition) is 4. The topological polar surface area (TPSA) is 56.7 Å². The highest BCUT2D eigenvalue weighted by Gasteiger charge is 2.19. The number of fused-ring (bicyclic) bond motifs is 6. The summed E-state index contributed by atoms with van der Waals surface area (Å²) in [5.74, 6) is 1.76. The molecule has 0 spiro atoms. The molecule has 3 heterocycles. The Balaban J connectivity index is 1.06. The van der Waals surface area contributed by atoms with Crippen LogP contribution in [-0.4, -0.2) is 19.5 Å². The summed E-state index contributed by atoms with van der Waals surface area (Å²) in [7, 11) is 0. The van der Waals surface area contributed by atoms with E-state index in [0.29, 0.717) is 45.4 Å². The molecule has 0 bridgehead atoms. The second kappa shape index (κ2) is 13.0. The largest absolute Gasteiger partial charge is 0.455 e. The van der Waals surface area contributed by atoms with Crippen molar-refractivity contribution in [1.82, 2.24) is 19.5 Å². The Morgan fingerprint density at radius 3 is 1.48 bits per heavy atom. The van der Waals surface area contributed by atoms with Crippen LogP contribution in [0.15, 0.2) is 198 Å². The molecule has 262 valence electrons. The van der Waals surface area contributed by atoms with Crippen LogP contribution in [0.3, 0.4) is 0 Å². The molecule has 3 aromatic heterocycles. The van der Waals surface area contributed by atoms with Crippen LogP contribution in [0.5, 0.6) is 0 Å². The van der Waals surface area contributed by atoms with Crippen molar-refractivity contribution in [2.24, 2.45) is 0 Å². The molecule has 5 nitrogen and oxygen atoms in total. The van der Waals surface area contributed by atoms with Crippen LogP contribution in [0.1, 0.15) is 8.22 Å². The third-order valence-corrected chi connectivity index (χ3v) is 10.2. The van der Waals surface area contributed by atoms with Crippen molar-refractivity contribution in [1.29, 1.82) is 0 Å². The number of rotatable bonds is 6. The number of benzene rings is 8. The lowest BCUT2D eigenvalue weighted by Crippen LogP contribution is -2.00. The predicted molar refractivity (Wildman–Crippen MR) is 229 cm³/mol. The summed E-state index contributed by atoms with van der Waals surface area (Å²) < 4.78 is 61.2. The fourth-order valence-electron chi connectivity index (χ4n) is 7.53. The molecule has 0 aliphatic rings. The minimum Gasteiger partial charge on any atom is -0.455 e. The average Bonchev–Trinajstić information content (AvgIpc) is 3.88. The Hall–Kier alpha value is -7.63. The van der Waals surface area contributed by atoms with Gasteiger partial charge in [-0.05, 0) is 53.0 Å². The molecule has 0 aliphatic heterocycles. The first-order valence-electron chi connectivity index (χ1n) is 21.3. The van der Waals surface area contributed by atoms with Crippen molar-refractivity contribution in [3.8, 4) is 62.1 Å². The number of para-hydroxylation sites is 2. The Kier molecular flexibility index (Phi) is 6.10. The summed E-state index contributed by atoms with van der Waals surface area (Å²) in [6, 6.07) is 49.8. The van der Waals surface area contributed by atoms with Gasteiger partial charge in [-0.3, -0.25) is 0 Å². The summed E-state index contributed by atoms with van der Waals surface area (Å²) in [5.41, 5.74) is 8.75. The SMILES string of the molecule is [2H]c1cc([2H])c2c(c1[2H])c1c([2H])c([2H])cc([2H])c1n2-c1cc(-c2ccccc2)c2oc3cc(-c4ccc(-c5nc(-c6ccccc6)nc(-c6ccccc6)n5)cc4)ccc3c2c1. The first-order valence-corrected chi connectivity index (χ1v) is 18.3. The maximum Gasteiger partial charge on any atom is 0.164 e. The Labute approximate surface area is 331 Å². The fraction of sp³-hybridized carbons (Fsp3) is 0. The van der Waals surface area contributed by atoms with Gasteiger partial charge in [0, 0.05) is 49.5 Å². The molecule has 0 amide bonds. The van der Waals surface area contributed by atoms with E-state index in [1.807, 2.05) is 140 Å². The standard InChI is InChI=1S/C51H32N4O/c1-4-14-34(15-5-1)43-31-39(55-45-22-12-10-20-40(45)41-21-11-13-23-46(41)55)32-44-42-29-28-38(30-47(42)56-48(43)44)33-24-26-37(27-25-33)51-53-49(35-16-6-2-7-17-35)52-50(54-51)36-18-8-3-9-19-36/h1-32H/i10D,11D,20D,21D,22D,23D. The summed E-state index contributed by atoms with van der Waals surface area (Å²) in [6.07, 6.45) is 0.